The summed E-state index contributed by atoms with van der Waals surface area (Å²) in [5.74, 6) is 0.176. The van der Waals surface area contributed by atoms with Gasteiger partial charge in [-0.25, -0.2) is 15.0 Å². The fraction of sp³-hybridized carbons (Fsp3) is 0. The Labute approximate surface area is 308 Å². The Morgan fingerprint density at radius 3 is 1.92 bits per heavy atom. The van der Waals surface area contributed by atoms with Crippen molar-refractivity contribution in [2.75, 3.05) is 0 Å². The Morgan fingerprint density at radius 2 is 1.08 bits per heavy atom. The minimum atomic E-state index is -0.831. The zero-order chi connectivity index (χ0) is 46.1. The van der Waals surface area contributed by atoms with Crippen LogP contribution in [0.2, 0.25) is 0 Å². The smallest absolute Gasteiger partial charge is 0.164 e. The average molecular weight is 657 g/mol. The second-order valence-electron chi connectivity index (χ2n) is 11.2. The highest BCUT2D eigenvalue weighted by Gasteiger charge is 2.17. The monoisotopic (exact) mass is 656 g/mol. The number of fused-ring (bicyclic) bond motifs is 6. The molecule has 0 saturated heterocycles. The van der Waals surface area contributed by atoms with Crippen LogP contribution in [0, 0.1) is 0 Å². The van der Waals surface area contributed by atoms with Gasteiger partial charge in [0.1, 0.15) is 22.3 Å². The van der Waals surface area contributed by atoms with Gasteiger partial charge in [0, 0.05) is 43.8 Å². The molecule has 0 aliphatic heterocycles. The van der Waals surface area contributed by atoms with E-state index in [4.69, 9.17) is 35.3 Å². The van der Waals surface area contributed by atoms with Crippen molar-refractivity contribution >= 4 is 43.9 Å². The molecule has 50 heavy (non-hydrogen) atoms. The molecule has 7 aromatic carbocycles. The van der Waals surface area contributed by atoms with Gasteiger partial charge in [0.15, 0.2) is 17.5 Å². The van der Waals surface area contributed by atoms with Gasteiger partial charge in [0.25, 0.3) is 0 Å². The Bertz CT molecular complexity index is 3680. The van der Waals surface area contributed by atoms with Crippen LogP contribution in [0.4, 0.5) is 0 Å². The van der Waals surface area contributed by atoms with E-state index in [2.05, 4.69) is 4.98 Å². The number of hydrogen-bond acceptors (Lipinski definition) is 5. The number of benzene rings is 7. The lowest BCUT2D eigenvalue weighted by molar-refractivity contribution is 0.669. The molecular weight excluding hydrogens is 615 g/mol. The van der Waals surface area contributed by atoms with Crippen molar-refractivity contribution in [1.82, 2.24) is 15.0 Å². The van der Waals surface area contributed by atoms with E-state index in [9.17, 15) is 4.11 Å². The number of aromatic nitrogens is 3. The fourth-order valence-corrected chi connectivity index (χ4v) is 5.84. The zero-order valence-electron chi connectivity index (χ0n) is 40.6. The van der Waals surface area contributed by atoms with E-state index >= 15 is 0 Å². The maximum absolute atomic E-state index is 9.51. The first kappa shape index (κ1) is 17.0. The van der Waals surface area contributed by atoms with Crippen LogP contribution in [0.1, 0.15) is 20.6 Å². The third-order valence-electron chi connectivity index (χ3n) is 8.21. The number of furan rings is 2. The Balaban J connectivity index is 1.23. The molecular formula is C45H27N3O2. The summed E-state index contributed by atoms with van der Waals surface area (Å²) in [5, 5.41) is 1.08. The van der Waals surface area contributed by atoms with Crippen LogP contribution >= 0.6 is 0 Å². The molecule has 3 aromatic heterocycles. The Hall–Kier alpha value is -6.85. The Morgan fingerprint density at radius 1 is 0.400 bits per heavy atom. The molecule has 0 fully saturated rings. The summed E-state index contributed by atoms with van der Waals surface area (Å²) in [6.07, 6.45) is 0. The summed E-state index contributed by atoms with van der Waals surface area (Å²) >= 11 is 0. The number of hydrogen-bond donors (Lipinski definition) is 0. The van der Waals surface area contributed by atoms with Crippen molar-refractivity contribution < 1.29 is 29.4 Å². The first-order valence-electron chi connectivity index (χ1n) is 22.9. The van der Waals surface area contributed by atoms with E-state index in [1.807, 2.05) is 36.4 Å². The minimum absolute atomic E-state index is 0.167. The van der Waals surface area contributed by atoms with Crippen molar-refractivity contribution in [2.24, 2.45) is 0 Å². The molecule has 0 spiro atoms. The maximum atomic E-state index is 9.51. The quantitative estimate of drug-likeness (QED) is 0.184. The van der Waals surface area contributed by atoms with Gasteiger partial charge in [0.05, 0.1) is 20.6 Å². The molecule has 0 amide bonds. The SMILES string of the molecule is [2H]c1c([2H])c([2H])c(-c2c([2H])c([2H])c(-c3c([2H])c([2H])c([2H])c4c3oc3c([2H])c(-c5nc(-c6ccccc6)nc(-c6ccc7oc8ccccc8c7c6)n5)c([2H])c([2H])c34)c([2H])c2[2H])c([2H])c1[2H]. The molecule has 0 aliphatic carbocycles. The van der Waals surface area contributed by atoms with Crippen LogP contribution in [0.25, 0.3) is 100 Å². The molecule has 0 atom stereocenters. The second kappa shape index (κ2) is 11.4. The van der Waals surface area contributed by atoms with Crippen LogP contribution in [0.5, 0.6) is 0 Å². The molecule has 0 aliphatic rings. The van der Waals surface area contributed by atoms with Crippen molar-refractivity contribution in [3.8, 4) is 56.4 Å². The summed E-state index contributed by atoms with van der Waals surface area (Å²) in [6, 6.07) is 11.0. The van der Waals surface area contributed by atoms with E-state index in [0.717, 1.165) is 10.8 Å². The molecule has 0 bridgehead atoms. The molecule has 234 valence electrons. The molecule has 0 N–H and O–H groups in total. The van der Waals surface area contributed by atoms with Crippen LogP contribution in [-0.4, -0.2) is 15.0 Å². The van der Waals surface area contributed by atoms with Gasteiger partial charge in [-0.2, -0.15) is 0 Å². The van der Waals surface area contributed by atoms with E-state index < -0.39 is 118 Å². The first-order valence-corrected chi connectivity index (χ1v) is 15.4. The lowest BCUT2D eigenvalue weighted by atomic mass is 9.99. The summed E-state index contributed by atoms with van der Waals surface area (Å²) in [5.41, 5.74) is -0.911. The van der Waals surface area contributed by atoms with Crippen LogP contribution in [-0.2, 0) is 0 Å². The summed E-state index contributed by atoms with van der Waals surface area (Å²) in [6.45, 7) is 0. The molecule has 0 radical (unpaired) electrons. The molecule has 10 rings (SSSR count). The van der Waals surface area contributed by atoms with Crippen molar-refractivity contribution in [3.63, 3.8) is 0 Å². The predicted molar refractivity (Wildman–Crippen MR) is 202 cm³/mol. The van der Waals surface area contributed by atoms with Gasteiger partial charge < -0.3 is 8.83 Å². The van der Waals surface area contributed by atoms with E-state index in [1.165, 1.54) is 0 Å². The second-order valence-corrected chi connectivity index (χ2v) is 11.2. The number of para-hydroxylation sites is 2. The van der Waals surface area contributed by atoms with Gasteiger partial charge in [-0.05, 0) is 53.0 Å². The van der Waals surface area contributed by atoms with Gasteiger partial charge >= 0.3 is 0 Å². The van der Waals surface area contributed by atoms with Crippen molar-refractivity contribution in [1.29, 1.82) is 0 Å². The van der Waals surface area contributed by atoms with Crippen molar-refractivity contribution in [3.05, 3.63) is 163 Å². The number of rotatable bonds is 5. The molecule has 10 aromatic rings. The summed E-state index contributed by atoms with van der Waals surface area (Å²) in [7, 11) is 0. The van der Waals surface area contributed by atoms with Crippen LogP contribution < -0.4 is 0 Å². The third-order valence-corrected chi connectivity index (χ3v) is 8.21. The molecule has 5 heteroatoms. The minimum Gasteiger partial charge on any atom is -0.456 e. The molecule has 5 nitrogen and oxygen atoms in total. The van der Waals surface area contributed by atoms with Crippen molar-refractivity contribution in [2.45, 2.75) is 0 Å². The van der Waals surface area contributed by atoms with Crippen LogP contribution in [0.15, 0.2) is 172 Å². The fourth-order valence-electron chi connectivity index (χ4n) is 5.84. The molecule has 0 unspecified atom stereocenters. The largest absolute Gasteiger partial charge is 0.456 e. The lowest BCUT2D eigenvalue weighted by Crippen LogP contribution is -2.00. The highest BCUT2D eigenvalue weighted by atomic mass is 16.3. The number of nitrogens with zero attached hydrogens (tertiary/aromatic N) is 3. The lowest BCUT2D eigenvalue weighted by Gasteiger charge is -2.08. The third kappa shape index (κ3) is 4.75. The standard InChI is InChI=1S/C45H27N3O2/c1-3-10-28(11-4-1)29-18-20-30(21-19-29)34-15-9-16-37-36-24-22-33(27-41(36)50-42(34)37)45-47-43(31-12-5-2-6-13-31)46-44(48-45)32-23-25-40-38(26-32)35-14-7-8-17-39(35)49-40/h1-27H/i1D,3D,4D,9D,10D,11D,15D,16D,18D,19D,20D,21D,22D,24D,27D. The van der Waals surface area contributed by atoms with Crippen LogP contribution in [0.3, 0.4) is 0 Å². The van der Waals surface area contributed by atoms with E-state index in [0.29, 0.717) is 22.3 Å². The van der Waals surface area contributed by atoms with Gasteiger partial charge in [-0.15, -0.1) is 0 Å². The zero-order valence-corrected chi connectivity index (χ0v) is 25.6. The van der Waals surface area contributed by atoms with Gasteiger partial charge in [-0.3, -0.25) is 0 Å². The summed E-state index contributed by atoms with van der Waals surface area (Å²) < 4.78 is 144. The molecule has 0 saturated carbocycles. The summed E-state index contributed by atoms with van der Waals surface area (Å²) in [4.78, 5) is 14.2. The normalized spacial score (nSPS) is 15.8. The van der Waals surface area contributed by atoms with E-state index in [-0.39, 0.29) is 39.4 Å². The predicted octanol–water partition coefficient (Wildman–Crippen LogP) is 12.0. The molecule has 3 heterocycles. The Kier molecular flexibility index (Phi) is 3.87. The first-order chi connectivity index (χ1) is 31.0. The van der Waals surface area contributed by atoms with E-state index in [1.54, 1.807) is 36.4 Å². The maximum Gasteiger partial charge on any atom is 0.164 e. The highest BCUT2D eigenvalue weighted by Crippen LogP contribution is 2.38. The topological polar surface area (TPSA) is 65.0 Å². The van der Waals surface area contributed by atoms with Gasteiger partial charge in [0.2, 0.25) is 0 Å². The average Bonchev–Trinajstić information content (AvgIpc) is 3.90. The highest BCUT2D eigenvalue weighted by molar-refractivity contribution is 6.10. The van der Waals surface area contributed by atoms with Gasteiger partial charge in [-0.1, -0.05) is 127 Å².